The smallest absolute Gasteiger partial charge is 0.281 e. The lowest BCUT2D eigenvalue weighted by Gasteiger charge is -2.36. The lowest BCUT2D eigenvalue weighted by molar-refractivity contribution is -0.145. The highest BCUT2D eigenvalue weighted by Crippen LogP contribution is 2.35. The van der Waals surface area contributed by atoms with E-state index >= 15 is 0 Å². The van der Waals surface area contributed by atoms with Crippen LogP contribution in [-0.4, -0.2) is 29.4 Å². The molecule has 1 aromatic heterocycles. The molecule has 124 valence electrons. The summed E-state index contributed by atoms with van der Waals surface area (Å²) in [5, 5.41) is 2.78. The standard InChI is InChI=1S/C18H19N3O3/c1-4-12-7-5-8-13(11-12)20-16(22)18(2)17(23)21(3)15-14(24-18)9-6-10-19-15/h5-11H,4H2,1-3H3,(H,20,22). The number of rotatable bonds is 3. The fourth-order valence-electron chi connectivity index (χ4n) is 2.66. The molecular formula is C18H19N3O3. The van der Waals surface area contributed by atoms with Gasteiger partial charge < -0.3 is 10.1 Å². The van der Waals surface area contributed by atoms with E-state index in [1.54, 1.807) is 31.4 Å². The summed E-state index contributed by atoms with van der Waals surface area (Å²) in [4.78, 5) is 30.9. The van der Waals surface area contributed by atoms with E-state index in [1.807, 2.05) is 25.1 Å². The monoisotopic (exact) mass is 325 g/mol. The van der Waals surface area contributed by atoms with Crippen molar-refractivity contribution < 1.29 is 14.3 Å². The summed E-state index contributed by atoms with van der Waals surface area (Å²) in [7, 11) is 1.58. The maximum Gasteiger partial charge on any atom is 0.281 e. The molecule has 6 nitrogen and oxygen atoms in total. The molecule has 0 saturated carbocycles. The second-order valence-corrected chi connectivity index (χ2v) is 5.83. The Hall–Kier alpha value is -2.89. The lowest BCUT2D eigenvalue weighted by atomic mass is 10.0. The van der Waals surface area contributed by atoms with Crippen LogP contribution in [0.4, 0.5) is 11.5 Å². The second kappa shape index (κ2) is 5.96. The van der Waals surface area contributed by atoms with Crippen LogP contribution in [-0.2, 0) is 16.0 Å². The van der Waals surface area contributed by atoms with E-state index in [4.69, 9.17) is 4.74 Å². The summed E-state index contributed by atoms with van der Waals surface area (Å²) >= 11 is 0. The van der Waals surface area contributed by atoms with Gasteiger partial charge in [-0.25, -0.2) is 4.98 Å². The number of likely N-dealkylation sites (N-methyl/N-ethyl adjacent to an activating group) is 1. The molecule has 3 rings (SSSR count). The zero-order valence-corrected chi connectivity index (χ0v) is 13.9. The van der Waals surface area contributed by atoms with Gasteiger partial charge in [0.2, 0.25) is 0 Å². The van der Waals surface area contributed by atoms with E-state index in [1.165, 1.54) is 11.8 Å². The van der Waals surface area contributed by atoms with Gasteiger partial charge in [0.25, 0.3) is 17.4 Å². The van der Waals surface area contributed by atoms with Crippen LogP contribution in [0.15, 0.2) is 42.6 Å². The molecule has 2 amide bonds. The van der Waals surface area contributed by atoms with E-state index in [-0.39, 0.29) is 0 Å². The second-order valence-electron chi connectivity index (χ2n) is 5.83. The maximum atomic E-state index is 12.8. The molecular weight excluding hydrogens is 306 g/mol. The first kappa shape index (κ1) is 16.0. The van der Waals surface area contributed by atoms with E-state index in [0.717, 1.165) is 12.0 Å². The average molecular weight is 325 g/mol. The number of hydrogen-bond donors (Lipinski definition) is 1. The Balaban J connectivity index is 1.90. The molecule has 6 heteroatoms. The van der Waals surface area contributed by atoms with Gasteiger partial charge in [-0.15, -0.1) is 0 Å². The lowest BCUT2D eigenvalue weighted by Crippen LogP contribution is -2.60. The Labute approximate surface area is 140 Å². The highest BCUT2D eigenvalue weighted by molar-refractivity contribution is 6.19. The summed E-state index contributed by atoms with van der Waals surface area (Å²) < 4.78 is 5.73. The predicted octanol–water partition coefficient (Wildman–Crippen LogP) is 2.40. The molecule has 1 atom stereocenters. The van der Waals surface area contributed by atoms with Gasteiger partial charge in [-0.2, -0.15) is 0 Å². The molecule has 1 aromatic carbocycles. The molecule has 0 radical (unpaired) electrons. The number of aromatic nitrogens is 1. The van der Waals surface area contributed by atoms with E-state index in [2.05, 4.69) is 10.3 Å². The van der Waals surface area contributed by atoms with Crippen molar-refractivity contribution in [3.63, 3.8) is 0 Å². The largest absolute Gasteiger partial charge is 0.464 e. The van der Waals surface area contributed by atoms with Gasteiger partial charge in [-0.1, -0.05) is 19.1 Å². The minimum atomic E-state index is -1.65. The Morgan fingerprint density at radius 1 is 1.33 bits per heavy atom. The van der Waals surface area contributed by atoms with Gasteiger partial charge in [-0.05, 0) is 43.2 Å². The molecule has 0 bridgehead atoms. The van der Waals surface area contributed by atoms with E-state index in [0.29, 0.717) is 17.3 Å². The molecule has 0 spiro atoms. The molecule has 2 heterocycles. The molecule has 1 aliphatic rings. The number of ether oxygens (including phenoxy) is 1. The molecule has 24 heavy (non-hydrogen) atoms. The van der Waals surface area contributed by atoms with Crippen molar-refractivity contribution in [2.24, 2.45) is 0 Å². The van der Waals surface area contributed by atoms with Crippen LogP contribution < -0.4 is 15.0 Å². The van der Waals surface area contributed by atoms with Crippen molar-refractivity contribution in [1.82, 2.24) is 4.98 Å². The minimum absolute atomic E-state index is 0.402. The molecule has 1 N–H and O–H groups in total. The number of fused-ring (bicyclic) bond motifs is 1. The zero-order chi connectivity index (χ0) is 17.3. The number of nitrogens with one attached hydrogen (secondary N) is 1. The van der Waals surface area contributed by atoms with Gasteiger partial charge in [0.15, 0.2) is 11.6 Å². The first-order valence-electron chi connectivity index (χ1n) is 7.78. The Kier molecular flexibility index (Phi) is 3.97. The fraction of sp³-hybridized carbons (Fsp3) is 0.278. The number of hydrogen-bond acceptors (Lipinski definition) is 4. The summed E-state index contributed by atoms with van der Waals surface area (Å²) in [6.45, 7) is 3.51. The Bertz CT molecular complexity index is 806. The van der Waals surface area contributed by atoms with Crippen LogP contribution in [0, 0.1) is 0 Å². The van der Waals surface area contributed by atoms with Crippen molar-refractivity contribution in [3.8, 4) is 5.75 Å². The van der Waals surface area contributed by atoms with Crippen molar-refractivity contribution in [1.29, 1.82) is 0 Å². The van der Waals surface area contributed by atoms with E-state index in [9.17, 15) is 9.59 Å². The van der Waals surface area contributed by atoms with Crippen LogP contribution in [0.2, 0.25) is 0 Å². The third-order valence-electron chi connectivity index (χ3n) is 4.12. The first-order chi connectivity index (χ1) is 11.5. The molecule has 0 aliphatic carbocycles. The van der Waals surface area contributed by atoms with Gasteiger partial charge in [0.1, 0.15) is 0 Å². The third kappa shape index (κ3) is 2.60. The quantitative estimate of drug-likeness (QED) is 0.880. The van der Waals surface area contributed by atoms with Crippen LogP contribution >= 0.6 is 0 Å². The number of nitrogens with zero attached hydrogens (tertiary/aromatic N) is 2. The van der Waals surface area contributed by atoms with Crippen molar-refractivity contribution >= 4 is 23.3 Å². The van der Waals surface area contributed by atoms with Crippen LogP contribution in [0.25, 0.3) is 0 Å². The molecule has 1 aliphatic heterocycles. The number of pyridine rings is 1. The van der Waals surface area contributed by atoms with Crippen LogP contribution in [0.3, 0.4) is 0 Å². The summed E-state index contributed by atoms with van der Waals surface area (Å²) in [5.41, 5.74) is 0.0876. The fourth-order valence-corrected chi connectivity index (χ4v) is 2.66. The van der Waals surface area contributed by atoms with Crippen LogP contribution in [0.5, 0.6) is 5.75 Å². The number of benzene rings is 1. The summed E-state index contributed by atoms with van der Waals surface area (Å²) in [6, 6.07) is 10.9. The van der Waals surface area contributed by atoms with Gasteiger partial charge in [0, 0.05) is 18.9 Å². The predicted molar refractivity (Wildman–Crippen MR) is 91.1 cm³/mol. The van der Waals surface area contributed by atoms with Crippen molar-refractivity contribution in [2.75, 3.05) is 17.3 Å². The average Bonchev–Trinajstić information content (AvgIpc) is 2.60. The molecule has 2 aromatic rings. The Morgan fingerprint density at radius 3 is 2.88 bits per heavy atom. The third-order valence-corrected chi connectivity index (χ3v) is 4.12. The van der Waals surface area contributed by atoms with Crippen LogP contribution in [0.1, 0.15) is 19.4 Å². The Morgan fingerprint density at radius 2 is 2.12 bits per heavy atom. The zero-order valence-electron chi connectivity index (χ0n) is 13.9. The van der Waals surface area contributed by atoms with Gasteiger partial charge in [-0.3, -0.25) is 14.5 Å². The van der Waals surface area contributed by atoms with Crippen molar-refractivity contribution in [2.45, 2.75) is 25.9 Å². The van der Waals surface area contributed by atoms with Gasteiger partial charge >= 0.3 is 0 Å². The number of carbonyl (C=O) groups is 2. The highest BCUT2D eigenvalue weighted by Gasteiger charge is 2.50. The molecule has 0 saturated heterocycles. The SMILES string of the molecule is CCc1cccc(NC(=O)C2(C)Oc3cccnc3N(C)C2=O)c1. The van der Waals surface area contributed by atoms with E-state index < -0.39 is 17.4 Å². The van der Waals surface area contributed by atoms with Crippen molar-refractivity contribution in [3.05, 3.63) is 48.2 Å². The number of aryl methyl sites for hydroxylation is 1. The minimum Gasteiger partial charge on any atom is -0.464 e. The maximum absolute atomic E-state index is 12.8. The molecule has 0 fully saturated rings. The normalized spacial score (nSPS) is 19.5. The summed E-state index contributed by atoms with van der Waals surface area (Å²) in [6.07, 6.45) is 2.43. The first-order valence-corrected chi connectivity index (χ1v) is 7.78. The summed E-state index contributed by atoms with van der Waals surface area (Å²) in [5.74, 6) is -0.166. The van der Waals surface area contributed by atoms with Gasteiger partial charge in [0.05, 0.1) is 0 Å². The number of anilines is 2. The molecule has 1 unspecified atom stereocenters. The highest BCUT2D eigenvalue weighted by atomic mass is 16.5. The number of carbonyl (C=O) groups excluding carboxylic acids is 2. The topological polar surface area (TPSA) is 71.5 Å². The number of amides is 2.